The molecule has 1 amide bonds. The normalized spacial score (nSPS) is 10.2. The summed E-state index contributed by atoms with van der Waals surface area (Å²) in [6, 6.07) is 12.7. The summed E-state index contributed by atoms with van der Waals surface area (Å²) in [4.78, 5) is 12.1. The zero-order chi connectivity index (χ0) is 13.1. The first-order valence-corrected chi connectivity index (χ1v) is 6.56. The predicted molar refractivity (Wildman–Crippen MR) is 78.3 cm³/mol. The van der Waals surface area contributed by atoms with E-state index in [1.807, 2.05) is 25.1 Å². The lowest BCUT2D eigenvalue weighted by atomic mass is 10.1. The van der Waals surface area contributed by atoms with Crippen molar-refractivity contribution in [2.75, 3.05) is 5.32 Å². The molecular weight excluding hydrogens is 314 g/mol. The molecule has 1 N–H and O–H groups in total. The standard InChI is InChI=1S/C14H11BrClNO/c1-9-2-7-13(15)12(8-9)14(18)17-11-5-3-10(16)4-6-11/h2-8H,1H3,(H,17,18). The summed E-state index contributed by atoms with van der Waals surface area (Å²) >= 11 is 9.17. The maximum Gasteiger partial charge on any atom is 0.256 e. The van der Waals surface area contributed by atoms with E-state index >= 15 is 0 Å². The van der Waals surface area contributed by atoms with Crippen LogP contribution in [0.4, 0.5) is 5.69 Å². The lowest BCUT2D eigenvalue weighted by molar-refractivity contribution is 0.102. The van der Waals surface area contributed by atoms with Crippen molar-refractivity contribution < 1.29 is 4.79 Å². The Labute approximate surface area is 119 Å². The fraction of sp³-hybridized carbons (Fsp3) is 0.0714. The molecule has 0 aliphatic carbocycles. The number of nitrogens with one attached hydrogen (secondary N) is 1. The van der Waals surface area contributed by atoms with Gasteiger partial charge in [0.05, 0.1) is 5.56 Å². The van der Waals surface area contributed by atoms with Crippen LogP contribution in [0.2, 0.25) is 5.02 Å². The van der Waals surface area contributed by atoms with Crippen molar-refractivity contribution in [2.24, 2.45) is 0 Å². The zero-order valence-electron chi connectivity index (χ0n) is 9.71. The molecule has 0 unspecified atom stereocenters. The molecule has 18 heavy (non-hydrogen) atoms. The maximum absolute atomic E-state index is 12.1. The van der Waals surface area contributed by atoms with Crippen LogP contribution in [-0.4, -0.2) is 5.91 Å². The highest BCUT2D eigenvalue weighted by Gasteiger charge is 2.10. The number of amides is 1. The SMILES string of the molecule is Cc1ccc(Br)c(C(=O)Nc2ccc(Cl)cc2)c1. The highest BCUT2D eigenvalue weighted by atomic mass is 79.9. The van der Waals surface area contributed by atoms with Crippen molar-refractivity contribution in [3.8, 4) is 0 Å². The fourth-order valence-corrected chi connectivity index (χ4v) is 2.10. The first kappa shape index (κ1) is 13.1. The Morgan fingerprint density at radius 2 is 1.83 bits per heavy atom. The Bertz CT molecular complexity index is 581. The summed E-state index contributed by atoms with van der Waals surface area (Å²) in [5.41, 5.74) is 2.38. The quantitative estimate of drug-likeness (QED) is 0.855. The van der Waals surface area contributed by atoms with Gasteiger partial charge in [-0.3, -0.25) is 4.79 Å². The molecule has 0 radical (unpaired) electrons. The number of anilines is 1. The number of halogens is 2. The van der Waals surface area contributed by atoms with Crippen molar-refractivity contribution in [2.45, 2.75) is 6.92 Å². The molecule has 0 saturated carbocycles. The summed E-state index contributed by atoms with van der Waals surface area (Å²) in [6.07, 6.45) is 0. The van der Waals surface area contributed by atoms with E-state index in [1.165, 1.54) is 0 Å². The van der Waals surface area contributed by atoms with E-state index in [2.05, 4.69) is 21.2 Å². The van der Waals surface area contributed by atoms with Crippen molar-refractivity contribution in [1.82, 2.24) is 0 Å². The molecule has 0 aliphatic heterocycles. The first-order chi connectivity index (χ1) is 8.56. The average molecular weight is 325 g/mol. The van der Waals surface area contributed by atoms with Crippen LogP contribution in [0.1, 0.15) is 15.9 Å². The largest absolute Gasteiger partial charge is 0.322 e. The second-order valence-electron chi connectivity index (χ2n) is 3.94. The molecule has 92 valence electrons. The molecular formula is C14H11BrClNO. The summed E-state index contributed by atoms with van der Waals surface area (Å²) < 4.78 is 0.777. The topological polar surface area (TPSA) is 29.1 Å². The number of hydrogen-bond acceptors (Lipinski definition) is 1. The van der Waals surface area contributed by atoms with Gasteiger partial charge in [-0.1, -0.05) is 23.2 Å². The van der Waals surface area contributed by atoms with E-state index in [0.717, 1.165) is 15.7 Å². The Balaban J connectivity index is 2.21. The number of hydrogen-bond donors (Lipinski definition) is 1. The first-order valence-electron chi connectivity index (χ1n) is 5.39. The fourth-order valence-electron chi connectivity index (χ4n) is 1.54. The molecule has 2 nitrogen and oxygen atoms in total. The van der Waals surface area contributed by atoms with Crippen LogP contribution in [0, 0.1) is 6.92 Å². The lowest BCUT2D eigenvalue weighted by Crippen LogP contribution is -2.12. The number of carbonyl (C=O) groups excluding carboxylic acids is 1. The monoisotopic (exact) mass is 323 g/mol. The van der Waals surface area contributed by atoms with Crippen LogP contribution >= 0.6 is 27.5 Å². The molecule has 2 aromatic rings. The minimum absolute atomic E-state index is 0.145. The molecule has 0 saturated heterocycles. The molecule has 4 heteroatoms. The third-order valence-electron chi connectivity index (χ3n) is 2.47. The number of benzene rings is 2. The third-order valence-corrected chi connectivity index (χ3v) is 3.41. The van der Waals surface area contributed by atoms with Gasteiger partial charge in [-0.25, -0.2) is 0 Å². The van der Waals surface area contributed by atoms with Crippen molar-refractivity contribution in [3.63, 3.8) is 0 Å². The van der Waals surface area contributed by atoms with E-state index in [-0.39, 0.29) is 5.91 Å². The van der Waals surface area contributed by atoms with Crippen molar-refractivity contribution >= 4 is 39.1 Å². The van der Waals surface area contributed by atoms with Crippen LogP contribution in [0.25, 0.3) is 0 Å². The molecule has 0 fully saturated rings. The molecule has 0 heterocycles. The van der Waals surface area contributed by atoms with E-state index in [9.17, 15) is 4.79 Å². The predicted octanol–water partition coefficient (Wildman–Crippen LogP) is 4.66. The van der Waals surface area contributed by atoms with Crippen LogP contribution in [0.5, 0.6) is 0 Å². The third kappa shape index (κ3) is 3.12. The van der Waals surface area contributed by atoms with Crippen molar-refractivity contribution in [1.29, 1.82) is 0 Å². The van der Waals surface area contributed by atoms with E-state index in [1.54, 1.807) is 24.3 Å². The minimum Gasteiger partial charge on any atom is -0.322 e. The molecule has 0 bridgehead atoms. The molecule has 0 spiro atoms. The number of rotatable bonds is 2. The van der Waals surface area contributed by atoms with Gasteiger partial charge in [0.2, 0.25) is 0 Å². The van der Waals surface area contributed by atoms with Gasteiger partial charge in [0.15, 0.2) is 0 Å². The molecule has 0 aromatic heterocycles. The highest BCUT2D eigenvalue weighted by molar-refractivity contribution is 9.10. The Morgan fingerprint density at radius 1 is 1.17 bits per heavy atom. The van der Waals surface area contributed by atoms with E-state index in [4.69, 9.17) is 11.6 Å². The van der Waals surface area contributed by atoms with Gasteiger partial charge in [-0.2, -0.15) is 0 Å². The highest BCUT2D eigenvalue weighted by Crippen LogP contribution is 2.20. The average Bonchev–Trinajstić information content (AvgIpc) is 2.35. The van der Waals surface area contributed by atoms with Crippen molar-refractivity contribution in [3.05, 3.63) is 63.1 Å². The van der Waals surface area contributed by atoms with Gasteiger partial charge in [0.1, 0.15) is 0 Å². The Hall–Kier alpha value is -1.32. The molecule has 0 aliphatic rings. The summed E-state index contributed by atoms with van der Waals surface area (Å²) in [5, 5.41) is 3.47. The Morgan fingerprint density at radius 3 is 2.50 bits per heavy atom. The molecule has 0 atom stereocenters. The zero-order valence-corrected chi connectivity index (χ0v) is 12.0. The summed E-state index contributed by atoms with van der Waals surface area (Å²) in [5.74, 6) is -0.145. The number of carbonyl (C=O) groups is 1. The minimum atomic E-state index is -0.145. The van der Waals surface area contributed by atoms with Gasteiger partial charge in [0.25, 0.3) is 5.91 Å². The van der Waals surface area contributed by atoms with Gasteiger partial charge in [0, 0.05) is 15.2 Å². The smallest absolute Gasteiger partial charge is 0.256 e. The van der Waals surface area contributed by atoms with Crippen LogP contribution in [0.3, 0.4) is 0 Å². The van der Waals surface area contributed by atoms with Gasteiger partial charge < -0.3 is 5.32 Å². The van der Waals surface area contributed by atoms with Crippen LogP contribution in [0.15, 0.2) is 46.9 Å². The van der Waals surface area contributed by atoms with E-state index < -0.39 is 0 Å². The second-order valence-corrected chi connectivity index (χ2v) is 5.24. The number of aryl methyl sites for hydroxylation is 1. The van der Waals surface area contributed by atoms with Gasteiger partial charge >= 0.3 is 0 Å². The summed E-state index contributed by atoms with van der Waals surface area (Å²) in [6.45, 7) is 1.95. The van der Waals surface area contributed by atoms with Gasteiger partial charge in [-0.05, 0) is 59.3 Å². The molecule has 2 aromatic carbocycles. The lowest BCUT2D eigenvalue weighted by Gasteiger charge is -2.07. The summed E-state index contributed by atoms with van der Waals surface area (Å²) in [7, 11) is 0. The van der Waals surface area contributed by atoms with E-state index in [0.29, 0.717) is 10.6 Å². The maximum atomic E-state index is 12.1. The van der Waals surface area contributed by atoms with Gasteiger partial charge in [-0.15, -0.1) is 0 Å². The van der Waals surface area contributed by atoms with Crippen LogP contribution < -0.4 is 5.32 Å². The molecule has 2 rings (SSSR count). The Kier molecular flexibility index (Phi) is 4.04. The second kappa shape index (κ2) is 5.55. The van der Waals surface area contributed by atoms with Crippen LogP contribution in [-0.2, 0) is 0 Å².